The molecule has 0 radical (unpaired) electrons. The molecule has 244 valence electrons. The largest absolute Gasteiger partial charge is 0.497 e. The highest BCUT2D eigenvalue weighted by Crippen LogP contribution is 2.36. The second kappa shape index (κ2) is 13.9. The Kier molecular flexibility index (Phi) is 9.47. The van der Waals surface area contributed by atoms with Crippen molar-refractivity contribution in [2.45, 2.75) is 32.9 Å². The van der Waals surface area contributed by atoms with E-state index in [-0.39, 0.29) is 23.8 Å². The summed E-state index contributed by atoms with van der Waals surface area (Å²) in [4.78, 5) is 46.0. The molecule has 6 rings (SSSR count). The van der Waals surface area contributed by atoms with Gasteiger partial charge in [0.25, 0.3) is 5.56 Å². The molecular formula is C37H31ClN2O7S. The number of rotatable bonds is 9. The number of carbonyl (C=O) groups excluding carboxylic acids is 2. The second-order valence-corrected chi connectivity index (χ2v) is 12.5. The minimum absolute atomic E-state index is 0.143. The Morgan fingerprint density at radius 1 is 1.02 bits per heavy atom. The Bertz CT molecular complexity index is 2230. The van der Waals surface area contributed by atoms with Crippen LogP contribution in [-0.4, -0.2) is 36.3 Å². The molecule has 0 N–H and O–H groups in total. The number of thiazole rings is 1. The first-order chi connectivity index (χ1) is 23.2. The van der Waals surface area contributed by atoms with Gasteiger partial charge in [0.1, 0.15) is 17.3 Å². The van der Waals surface area contributed by atoms with Crippen LogP contribution in [-0.2, 0) is 14.3 Å². The SMILES string of the molecule is CCOC(=O)C1=C(c2ccccc2)N=c2s/c(=C/c3ccc(-c4cc(Cl)ccc4C(=O)OC(C)C)o3)c(=O)n2[C@H]1c1cccc(OC)c1. The lowest BCUT2D eigenvalue weighted by molar-refractivity contribution is -0.138. The number of furan rings is 1. The molecule has 0 amide bonds. The number of carbonyl (C=O) groups is 2. The maximum absolute atomic E-state index is 14.2. The zero-order valence-electron chi connectivity index (χ0n) is 26.6. The van der Waals surface area contributed by atoms with Gasteiger partial charge in [0.05, 0.1) is 47.2 Å². The molecule has 5 aromatic rings. The Hall–Kier alpha value is -5.19. The number of methoxy groups -OCH3 is 1. The van der Waals surface area contributed by atoms with Gasteiger partial charge in [0.15, 0.2) is 4.80 Å². The van der Waals surface area contributed by atoms with Crippen molar-refractivity contribution < 1.29 is 28.2 Å². The van der Waals surface area contributed by atoms with Crippen LogP contribution in [0.25, 0.3) is 23.1 Å². The van der Waals surface area contributed by atoms with Crippen LogP contribution in [0.1, 0.15) is 54.1 Å². The quantitative estimate of drug-likeness (QED) is 0.165. The van der Waals surface area contributed by atoms with Gasteiger partial charge in [-0.1, -0.05) is 65.4 Å². The monoisotopic (exact) mass is 682 g/mol. The van der Waals surface area contributed by atoms with Crippen molar-refractivity contribution in [3.8, 4) is 17.1 Å². The molecular weight excluding hydrogens is 652 g/mol. The van der Waals surface area contributed by atoms with Crippen LogP contribution in [0.5, 0.6) is 5.75 Å². The van der Waals surface area contributed by atoms with Crippen molar-refractivity contribution in [3.63, 3.8) is 0 Å². The van der Waals surface area contributed by atoms with Gasteiger partial charge in [-0.25, -0.2) is 14.6 Å². The highest BCUT2D eigenvalue weighted by Gasteiger charge is 2.35. The summed E-state index contributed by atoms with van der Waals surface area (Å²) in [5, 5.41) is 0.418. The van der Waals surface area contributed by atoms with E-state index in [4.69, 9.17) is 35.2 Å². The first-order valence-electron chi connectivity index (χ1n) is 15.2. The van der Waals surface area contributed by atoms with Gasteiger partial charge in [-0.3, -0.25) is 9.36 Å². The molecule has 1 atom stereocenters. The summed E-state index contributed by atoms with van der Waals surface area (Å²) in [6, 6.07) is 23.9. The van der Waals surface area contributed by atoms with Crippen molar-refractivity contribution in [2.75, 3.05) is 13.7 Å². The molecule has 3 heterocycles. The summed E-state index contributed by atoms with van der Waals surface area (Å²) in [5.41, 5.74) is 2.38. The van der Waals surface area contributed by atoms with Crippen molar-refractivity contribution >= 4 is 46.6 Å². The molecule has 1 aliphatic rings. The average molecular weight is 683 g/mol. The van der Waals surface area contributed by atoms with Gasteiger partial charge in [-0.15, -0.1) is 0 Å². The number of hydrogen-bond acceptors (Lipinski definition) is 9. The Balaban J connectivity index is 1.53. The number of nitrogens with zero attached hydrogens (tertiary/aromatic N) is 2. The smallest absolute Gasteiger partial charge is 0.339 e. The van der Waals surface area contributed by atoms with Crippen LogP contribution in [0.2, 0.25) is 5.02 Å². The number of esters is 2. The molecule has 48 heavy (non-hydrogen) atoms. The molecule has 0 aliphatic carbocycles. The lowest BCUT2D eigenvalue weighted by Crippen LogP contribution is -2.40. The average Bonchev–Trinajstić information content (AvgIpc) is 3.67. The fraction of sp³-hybridized carbons (Fsp3) is 0.189. The van der Waals surface area contributed by atoms with Crippen LogP contribution >= 0.6 is 22.9 Å². The summed E-state index contributed by atoms with van der Waals surface area (Å²) in [5.74, 6) is 0.219. The zero-order chi connectivity index (χ0) is 33.9. The van der Waals surface area contributed by atoms with Crippen molar-refractivity contribution in [2.24, 2.45) is 4.99 Å². The fourth-order valence-corrected chi connectivity index (χ4v) is 6.60. The third-order valence-electron chi connectivity index (χ3n) is 7.49. The second-order valence-electron chi connectivity index (χ2n) is 11.1. The maximum Gasteiger partial charge on any atom is 0.339 e. The van der Waals surface area contributed by atoms with Crippen molar-refractivity contribution in [1.29, 1.82) is 0 Å². The lowest BCUT2D eigenvalue weighted by atomic mass is 9.93. The highest BCUT2D eigenvalue weighted by atomic mass is 35.5. The fourth-order valence-electron chi connectivity index (χ4n) is 5.45. The van der Waals surface area contributed by atoms with E-state index in [1.54, 1.807) is 82.5 Å². The maximum atomic E-state index is 14.2. The molecule has 0 saturated carbocycles. The van der Waals surface area contributed by atoms with Crippen LogP contribution in [0.15, 0.2) is 105 Å². The number of hydrogen-bond donors (Lipinski definition) is 0. The molecule has 0 spiro atoms. The number of ether oxygens (including phenoxy) is 3. The third kappa shape index (κ3) is 6.49. The molecule has 0 fully saturated rings. The minimum Gasteiger partial charge on any atom is -0.497 e. The van der Waals surface area contributed by atoms with Crippen LogP contribution < -0.4 is 19.6 Å². The van der Waals surface area contributed by atoms with Gasteiger partial charge < -0.3 is 18.6 Å². The standard InChI is InChI=1S/C37H31ClN2O7S/c1-5-45-36(43)31-32(22-10-7-6-8-11-22)39-37-40(33(31)23-12-9-13-25(18-23)44-4)34(41)30(48-37)20-26-15-17-29(47-26)28-19-24(38)14-16-27(28)35(42)46-21(2)3/h6-21,33H,5H2,1-4H3/b30-20+/t33-/m0/s1. The first-order valence-corrected chi connectivity index (χ1v) is 16.4. The lowest BCUT2D eigenvalue weighted by Gasteiger charge is -2.26. The van der Waals surface area contributed by atoms with E-state index in [0.29, 0.717) is 59.6 Å². The molecule has 11 heteroatoms. The first kappa shape index (κ1) is 32.7. The number of aromatic nitrogens is 1. The minimum atomic E-state index is -0.860. The molecule has 1 aliphatic heterocycles. The number of fused-ring (bicyclic) bond motifs is 1. The zero-order valence-corrected chi connectivity index (χ0v) is 28.1. The molecule has 0 bridgehead atoms. The highest BCUT2D eigenvalue weighted by molar-refractivity contribution is 7.07. The molecule has 0 unspecified atom stereocenters. The Morgan fingerprint density at radius 2 is 1.81 bits per heavy atom. The predicted molar refractivity (Wildman–Crippen MR) is 184 cm³/mol. The van der Waals surface area contributed by atoms with E-state index in [1.807, 2.05) is 36.4 Å². The van der Waals surface area contributed by atoms with E-state index in [0.717, 1.165) is 0 Å². The molecule has 0 saturated heterocycles. The predicted octanol–water partition coefficient (Wildman–Crippen LogP) is 6.42. The van der Waals surface area contributed by atoms with Crippen LogP contribution in [0, 0.1) is 0 Å². The third-order valence-corrected chi connectivity index (χ3v) is 8.71. The van der Waals surface area contributed by atoms with Crippen molar-refractivity contribution in [3.05, 3.63) is 138 Å². The van der Waals surface area contributed by atoms with Crippen LogP contribution in [0.3, 0.4) is 0 Å². The number of halogens is 1. The van der Waals surface area contributed by atoms with E-state index in [9.17, 15) is 14.4 Å². The molecule has 3 aromatic carbocycles. The summed E-state index contributed by atoms with van der Waals surface area (Å²) < 4.78 is 24.4. The summed E-state index contributed by atoms with van der Waals surface area (Å²) in [6.07, 6.45) is 1.30. The molecule has 9 nitrogen and oxygen atoms in total. The van der Waals surface area contributed by atoms with E-state index in [2.05, 4.69) is 0 Å². The number of benzene rings is 3. The van der Waals surface area contributed by atoms with E-state index >= 15 is 0 Å². The van der Waals surface area contributed by atoms with Crippen LogP contribution in [0.4, 0.5) is 0 Å². The Labute approximate surface area is 285 Å². The topological polar surface area (TPSA) is 109 Å². The van der Waals surface area contributed by atoms with Gasteiger partial charge in [0, 0.05) is 22.2 Å². The van der Waals surface area contributed by atoms with E-state index < -0.39 is 18.0 Å². The van der Waals surface area contributed by atoms with Gasteiger partial charge >= 0.3 is 11.9 Å². The van der Waals surface area contributed by atoms with Crippen molar-refractivity contribution in [1.82, 2.24) is 4.57 Å². The molecule has 2 aromatic heterocycles. The Morgan fingerprint density at radius 3 is 2.54 bits per heavy atom. The summed E-state index contributed by atoms with van der Waals surface area (Å²) in [7, 11) is 1.55. The van der Waals surface area contributed by atoms with Gasteiger partial charge in [-0.05, 0) is 68.8 Å². The normalized spacial score (nSPS) is 14.5. The summed E-state index contributed by atoms with van der Waals surface area (Å²) >= 11 is 7.45. The van der Waals surface area contributed by atoms with Gasteiger partial charge in [-0.2, -0.15) is 0 Å². The summed E-state index contributed by atoms with van der Waals surface area (Å²) in [6.45, 7) is 5.41. The van der Waals surface area contributed by atoms with Gasteiger partial charge in [0.2, 0.25) is 0 Å². The van der Waals surface area contributed by atoms with E-state index in [1.165, 1.54) is 15.9 Å².